The van der Waals surface area contributed by atoms with Gasteiger partial charge in [-0.2, -0.15) is 0 Å². The molecular weight excluding hydrogens is 352 g/mol. The van der Waals surface area contributed by atoms with Crippen molar-refractivity contribution in [1.29, 1.82) is 0 Å². The number of piperidine rings is 1. The van der Waals surface area contributed by atoms with Crippen molar-refractivity contribution in [3.05, 3.63) is 24.0 Å². The van der Waals surface area contributed by atoms with Crippen molar-refractivity contribution in [2.24, 2.45) is 7.05 Å². The average molecular weight is 378 g/mol. The van der Waals surface area contributed by atoms with E-state index < -0.39 is 10.0 Å². The van der Waals surface area contributed by atoms with Gasteiger partial charge in [-0.25, -0.2) is 17.7 Å². The number of nitrogens with zero attached hydrogens (tertiary/aromatic N) is 4. The van der Waals surface area contributed by atoms with E-state index in [4.69, 9.17) is 0 Å². The number of amides is 1. The van der Waals surface area contributed by atoms with E-state index in [-0.39, 0.29) is 10.8 Å². The summed E-state index contributed by atoms with van der Waals surface area (Å²) in [5.41, 5.74) is 1.50. The molecule has 1 aromatic heterocycles. The number of aryl methyl sites for hydroxylation is 2. The number of benzene rings is 1. The second-order valence-corrected chi connectivity index (χ2v) is 9.12. The van der Waals surface area contributed by atoms with Crippen LogP contribution in [0.1, 0.15) is 31.5 Å². The van der Waals surface area contributed by atoms with Crippen LogP contribution in [-0.4, -0.2) is 60.3 Å². The number of hydrogen-bond donors (Lipinski definition) is 0. The van der Waals surface area contributed by atoms with Gasteiger partial charge < -0.3 is 9.47 Å². The second kappa shape index (κ2) is 7.36. The minimum absolute atomic E-state index is 0.174. The molecule has 0 N–H and O–H groups in total. The van der Waals surface area contributed by atoms with Crippen LogP contribution in [0.3, 0.4) is 0 Å². The highest BCUT2D eigenvalue weighted by Gasteiger charge is 2.20. The molecule has 1 saturated heterocycles. The summed E-state index contributed by atoms with van der Waals surface area (Å²) in [5.74, 6) is 0.970. The minimum atomic E-state index is -3.49. The molecule has 1 fully saturated rings. The maximum atomic E-state index is 12.4. The molecule has 0 radical (unpaired) electrons. The van der Waals surface area contributed by atoms with E-state index in [1.54, 1.807) is 18.2 Å². The second-order valence-electron chi connectivity index (χ2n) is 6.97. The van der Waals surface area contributed by atoms with E-state index in [9.17, 15) is 13.2 Å². The topological polar surface area (TPSA) is 75.5 Å². The molecule has 1 aliphatic heterocycles. The van der Waals surface area contributed by atoms with E-state index in [0.717, 1.165) is 37.3 Å². The summed E-state index contributed by atoms with van der Waals surface area (Å²) in [7, 11) is 1.43. The van der Waals surface area contributed by atoms with Crippen LogP contribution in [-0.2, 0) is 28.3 Å². The van der Waals surface area contributed by atoms with Crippen molar-refractivity contribution < 1.29 is 13.2 Å². The Morgan fingerprint density at radius 3 is 2.54 bits per heavy atom. The van der Waals surface area contributed by atoms with Gasteiger partial charge in [0.1, 0.15) is 5.82 Å². The number of sulfonamides is 1. The van der Waals surface area contributed by atoms with Gasteiger partial charge in [0.2, 0.25) is 15.9 Å². The Hall–Kier alpha value is -1.93. The van der Waals surface area contributed by atoms with Crippen LogP contribution in [0.2, 0.25) is 0 Å². The summed E-state index contributed by atoms with van der Waals surface area (Å²) >= 11 is 0. The molecule has 0 unspecified atom stereocenters. The number of aromatic nitrogens is 2. The first-order chi connectivity index (χ1) is 12.3. The molecule has 1 aliphatic rings. The van der Waals surface area contributed by atoms with Crippen molar-refractivity contribution in [3.63, 3.8) is 0 Å². The lowest BCUT2D eigenvalue weighted by molar-refractivity contribution is -0.132. The molecule has 1 aromatic carbocycles. The molecule has 2 aromatic rings. The Morgan fingerprint density at radius 1 is 1.19 bits per heavy atom. The van der Waals surface area contributed by atoms with Gasteiger partial charge in [-0.3, -0.25) is 4.79 Å². The quantitative estimate of drug-likeness (QED) is 0.795. The lowest BCUT2D eigenvalue weighted by atomic mass is 10.1. The Bertz CT molecular complexity index is 912. The highest BCUT2D eigenvalue weighted by atomic mass is 32.2. The molecule has 3 rings (SSSR count). The summed E-state index contributed by atoms with van der Waals surface area (Å²) in [4.78, 5) is 19.1. The van der Waals surface area contributed by atoms with Crippen molar-refractivity contribution in [2.75, 3.05) is 27.2 Å². The Morgan fingerprint density at radius 2 is 1.88 bits per heavy atom. The van der Waals surface area contributed by atoms with Gasteiger partial charge in [-0.05, 0) is 37.5 Å². The monoisotopic (exact) mass is 378 g/mol. The Kier molecular flexibility index (Phi) is 5.34. The maximum Gasteiger partial charge on any atom is 0.242 e. The van der Waals surface area contributed by atoms with E-state index in [1.165, 1.54) is 24.8 Å². The van der Waals surface area contributed by atoms with Gasteiger partial charge >= 0.3 is 0 Å². The van der Waals surface area contributed by atoms with Crippen LogP contribution in [0, 0.1) is 0 Å². The highest BCUT2D eigenvalue weighted by molar-refractivity contribution is 7.89. The number of fused-ring (bicyclic) bond motifs is 1. The van der Waals surface area contributed by atoms with Crippen molar-refractivity contribution in [1.82, 2.24) is 18.8 Å². The maximum absolute atomic E-state index is 12.4. The van der Waals surface area contributed by atoms with E-state index in [2.05, 4.69) is 4.98 Å². The third-order valence-electron chi connectivity index (χ3n) is 4.99. The molecule has 1 amide bonds. The predicted molar refractivity (Wildman–Crippen MR) is 100 cm³/mol. The van der Waals surface area contributed by atoms with Gasteiger partial charge in [-0.15, -0.1) is 0 Å². The molecular formula is C18H26N4O3S. The zero-order valence-electron chi connectivity index (χ0n) is 15.6. The first kappa shape index (κ1) is 18.8. The van der Waals surface area contributed by atoms with Crippen LogP contribution in [0.25, 0.3) is 11.0 Å². The Labute approximate surface area is 154 Å². The standard InChI is InChI=1S/C18H26N4O3S/c1-20(2)26(24,25)14-7-8-16-15(13-14)19-17(21(16)3)9-10-18(23)22-11-5-4-6-12-22/h7-8,13H,4-6,9-12H2,1-3H3. The summed E-state index contributed by atoms with van der Waals surface area (Å²) in [5, 5.41) is 0. The zero-order chi connectivity index (χ0) is 18.9. The fourth-order valence-electron chi connectivity index (χ4n) is 3.34. The molecule has 0 aliphatic carbocycles. The lowest BCUT2D eigenvalue weighted by Gasteiger charge is -2.26. The first-order valence-electron chi connectivity index (χ1n) is 8.96. The average Bonchev–Trinajstić information content (AvgIpc) is 2.95. The highest BCUT2D eigenvalue weighted by Crippen LogP contribution is 2.22. The number of likely N-dealkylation sites (tertiary alicyclic amines) is 1. The van der Waals surface area contributed by atoms with Crippen LogP contribution < -0.4 is 0 Å². The Balaban J connectivity index is 1.79. The molecule has 2 heterocycles. The van der Waals surface area contributed by atoms with Crippen LogP contribution in [0.5, 0.6) is 0 Å². The number of carbonyl (C=O) groups is 1. The van der Waals surface area contributed by atoms with E-state index in [1.807, 2.05) is 16.5 Å². The van der Waals surface area contributed by atoms with Crippen LogP contribution >= 0.6 is 0 Å². The van der Waals surface area contributed by atoms with Crippen molar-refractivity contribution >= 4 is 27.0 Å². The minimum Gasteiger partial charge on any atom is -0.343 e. The molecule has 7 nitrogen and oxygen atoms in total. The predicted octanol–water partition coefficient (Wildman–Crippen LogP) is 1.77. The molecule has 8 heteroatoms. The smallest absolute Gasteiger partial charge is 0.242 e. The van der Waals surface area contributed by atoms with Gasteiger partial charge in [0.15, 0.2) is 0 Å². The number of hydrogen-bond acceptors (Lipinski definition) is 4. The fourth-order valence-corrected chi connectivity index (χ4v) is 4.27. The van der Waals surface area contributed by atoms with Gasteiger partial charge in [0, 0.05) is 47.1 Å². The molecule has 142 valence electrons. The largest absolute Gasteiger partial charge is 0.343 e. The van der Waals surface area contributed by atoms with Crippen molar-refractivity contribution in [3.8, 4) is 0 Å². The van der Waals surface area contributed by atoms with Gasteiger partial charge in [0.25, 0.3) is 0 Å². The summed E-state index contributed by atoms with van der Waals surface area (Å²) in [6, 6.07) is 4.97. The lowest BCUT2D eigenvalue weighted by Crippen LogP contribution is -2.35. The zero-order valence-corrected chi connectivity index (χ0v) is 16.4. The SMILES string of the molecule is CN(C)S(=O)(=O)c1ccc2c(c1)nc(CCC(=O)N1CCCCC1)n2C. The molecule has 26 heavy (non-hydrogen) atoms. The van der Waals surface area contributed by atoms with E-state index >= 15 is 0 Å². The third-order valence-corrected chi connectivity index (χ3v) is 6.81. The van der Waals surface area contributed by atoms with Crippen LogP contribution in [0.15, 0.2) is 23.1 Å². The number of rotatable bonds is 5. The first-order valence-corrected chi connectivity index (χ1v) is 10.4. The third kappa shape index (κ3) is 3.61. The summed E-state index contributed by atoms with van der Waals surface area (Å²) < 4.78 is 27.7. The van der Waals surface area contributed by atoms with Crippen molar-refractivity contribution in [2.45, 2.75) is 37.0 Å². The van der Waals surface area contributed by atoms with Gasteiger partial charge in [-0.1, -0.05) is 0 Å². The fraction of sp³-hybridized carbons (Fsp3) is 0.556. The molecule has 0 saturated carbocycles. The van der Waals surface area contributed by atoms with E-state index in [0.29, 0.717) is 18.4 Å². The molecule has 0 bridgehead atoms. The molecule has 0 atom stereocenters. The summed E-state index contributed by atoms with van der Waals surface area (Å²) in [6.45, 7) is 1.71. The van der Waals surface area contributed by atoms with Gasteiger partial charge in [0.05, 0.1) is 15.9 Å². The normalized spacial score (nSPS) is 15.8. The number of imidazole rings is 1. The molecule has 0 spiro atoms. The number of carbonyl (C=O) groups excluding carboxylic acids is 1. The summed E-state index contributed by atoms with van der Waals surface area (Å²) in [6.07, 6.45) is 4.35. The van der Waals surface area contributed by atoms with Crippen LogP contribution in [0.4, 0.5) is 0 Å².